The third kappa shape index (κ3) is 4.48. The number of aromatic nitrogens is 3. The van der Waals surface area contributed by atoms with Gasteiger partial charge in [0.25, 0.3) is 5.56 Å². The number of nitrogens with two attached hydrogens (primary N) is 1. The maximum absolute atomic E-state index is 13.0. The minimum Gasteiger partial charge on any atom is -0.464 e. The molecule has 0 spiro atoms. The normalized spacial score (nSPS) is 10.6. The maximum atomic E-state index is 13.0. The number of rotatable bonds is 7. The molecular weight excluding hydrogens is 478 g/mol. The monoisotopic (exact) mass is 499 g/mol. The van der Waals surface area contributed by atoms with Crippen LogP contribution >= 0.6 is 11.8 Å². The second-order valence-corrected chi connectivity index (χ2v) is 8.79. The largest absolute Gasteiger partial charge is 0.464 e. The lowest BCUT2D eigenvalue weighted by Crippen LogP contribution is -2.23. The average Bonchev–Trinajstić information content (AvgIpc) is 3.48. The Morgan fingerprint density at radius 3 is 2.53 bits per heavy atom. The molecule has 0 aliphatic rings. The summed E-state index contributed by atoms with van der Waals surface area (Å²) in [6.07, 6.45) is 1.48. The van der Waals surface area contributed by atoms with Crippen LogP contribution in [0.25, 0.3) is 17.0 Å². The first kappa shape index (κ1) is 24.4. The van der Waals surface area contributed by atoms with Crippen molar-refractivity contribution in [3.8, 4) is 29.1 Å². The topological polar surface area (TPSA) is 156 Å². The summed E-state index contributed by atoms with van der Waals surface area (Å²) < 4.78 is 8.56. The summed E-state index contributed by atoms with van der Waals surface area (Å²) in [5.74, 6) is 0.192. The molecule has 11 heteroatoms. The van der Waals surface area contributed by atoms with E-state index in [-0.39, 0.29) is 56.9 Å². The molecule has 1 amide bonds. The minimum absolute atomic E-state index is 0.0313. The summed E-state index contributed by atoms with van der Waals surface area (Å²) in [5.41, 5.74) is 7.61. The van der Waals surface area contributed by atoms with E-state index in [1.807, 2.05) is 36.4 Å². The van der Waals surface area contributed by atoms with Crippen LogP contribution in [-0.4, -0.2) is 26.0 Å². The Morgan fingerprint density at radius 2 is 1.89 bits per heavy atom. The first-order valence-electron chi connectivity index (χ1n) is 10.8. The molecular formula is C25H21N7O3S. The van der Waals surface area contributed by atoms with Crippen molar-refractivity contribution in [2.45, 2.75) is 18.4 Å². The predicted octanol–water partition coefficient (Wildman–Crippen LogP) is 3.59. The Morgan fingerprint density at radius 1 is 1.17 bits per heavy atom. The number of hydrogen-bond donors (Lipinski definition) is 2. The third-order valence-electron chi connectivity index (χ3n) is 5.57. The molecule has 0 unspecified atom stereocenters. The highest BCUT2D eigenvalue weighted by Crippen LogP contribution is 2.35. The first-order chi connectivity index (χ1) is 17.4. The molecule has 0 aliphatic carbocycles. The lowest BCUT2D eigenvalue weighted by atomic mass is 10.0. The van der Waals surface area contributed by atoms with E-state index in [9.17, 15) is 20.1 Å². The lowest BCUT2D eigenvalue weighted by Gasteiger charge is -2.11. The number of amides is 1. The highest BCUT2D eigenvalue weighted by atomic mass is 32.2. The molecule has 3 N–H and O–H groups in total. The summed E-state index contributed by atoms with van der Waals surface area (Å²) in [6.45, 7) is 1.75. The van der Waals surface area contributed by atoms with Gasteiger partial charge in [-0.05, 0) is 31.2 Å². The van der Waals surface area contributed by atoms with Crippen LogP contribution in [0.3, 0.4) is 0 Å². The van der Waals surface area contributed by atoms with Crippen molar-refractivity contribution < 1.29 is 9.21 Å². The van der Waals surface area contributed by atoms with Crippen LogP contribution in [0.5, 0.6) is 0 Å². The zero-order valence-corrected chi connectivity index (χ0v) is 20.3. The molecule has 10 nitrogen and oxygen atoms in total. The van der Waals surface area contributed by atoms with Gasteiger partial charge in [0.15, 0.2) is 0 Å². The van der Waals surface area contributed by atoms with Crippen LogP contribution in [0, 0.1) is 29.6 Å². The van der Waals surface area contributed by atoms with Gasteiger partial charge in [-0.2, -0.15) is 10.5 Å². The van der Waals surface area contributed by atoms with Crippen LogP contribution in [0.1, 0.15) is 23.2 Å². The summed E-state index contributed by atoms with van der Waals surface area (Å²) in [4.78, 5) is 29.9. The Hall–Kier alpha value is -4.74. The van der Waals surface area contributed by atoms with Crippen molar-refractivity contribution in [3.63, 3.8) is 0 Å². The van der Waals surface area contributed by atoms with Gasteiger partial charge in [-0.1, -0.05) is 18.2 Å². The van der Waals surface area contributed by atoms with Gasteiger partial charge in [-0.25, -0.2) is 9.67 Å². The Bertz CT molecular complexity index is 1570. The molecule has 4 aromatic rings. The summed E-state index contributed by atoms with van der Waals surface area (Å²) >= 11 is 1.15. The van der Waals surface area contributed by atoms with E-state index in [4.69, 9.17) is 10.2 Å². The third-order valence-corrected chi connectivity index (χ3v) is 6.55. The molecule has 3 aromatic heterocycles. The van der Waals surface area contributed by atoms with Crippen LogP contribution in [0.2, 0.25) is 0 Å². The SMILES string of the molecule is Cc1c(NC(=O)CCSc2nc(N)c(C#N)c(-c3ccco3)c2C#N)c(=O)n(-c2ccccc2)n1C. The highest BCUT2D eigenvalue weighted by Gasteiger charge is 2.23. The number of thioether (sulfide) groups is 1. The second-order valence-electron chi connectivity index (χ2n) is 7.71. The highest BCUT2D eigenvalue weighted by molar-refractivity contribution is 7.99. The molecule has 0 bridgehead atoms. The van der Waals surface area contributed by atoms with E-state index in [0.29, 0.717) is 17.1 Å². The first-order valence-corrected chi connectivity index (χ1v) is 11.8. The fraction of sp³-hybridized carbons (Fsp3) is 0.160. The van der Waals surface area contributed by atoms with Gasteiger partial charge in [0.2, 0.25) is 5.91 Å². The van der Waals surface area contributed by atoms with E-state index < -0.39 is 0 Å². The molecule has 180 valence electrons. The molecule has 0 radical (unpaired) electrons. The van der Waals surface area contributed by atoms with Gasteiger partial charge in [-0.3, -0.25) is 14.3 Å². The molecule has 0 aliphatic heterocycles. The van der Waals surface area contributed by atoms with Gasteiger partial charge >= 0.3 is 0 Å². The van der Waals surface area contributed by atoms with E-state index in [1.165, 1.54) is 10.9 Å². The van der Waals surface area contributed by atoms with Crippen molar-refractivity contribution in [3.05, 3.63) is 75.9 Å². The number of benzene rings is 1. The van der Waals surface area contributed by atoms with Crippen LogP contribution in [-0.2, 0) is 11.8 Å². The van der Waals surface area contributed by atoms with Gasteiger partial charge < -0.3 is 15.5 Å². The van der Waals surface area contributed by atoms with Crippen LogP contribution in [0.4, 0.5) is 11.5 Å². The molecule has 0 atom stereocenters. The molecule has 4 rings (SSSR count). The zero-order chi connectivity index (χ0) is 25.8. The van der Waals surface area contributed by atoms with Gasteiger partial charge in [0, 0.05) is 19.2 Å². The number of furan rings is 1. The van der Waals surface area contributed by atoms with Gasteiger partial charge in [-0.15, -0.1) is 11.8 Å². The van der Waals surface area contributed by atoms with Crippen molar-refractivity contribution in [1.82, 2.24) is 14.3 Å². The number of para-hydroxylation sites is 1. The molecule has 3 heterocycles. The molecule has 0 saturated carbocycles. The molecule has 0 saturated heterocycles. The average molecular weight is 500 g/mol. The number of anilines is 2. The number of carbonyl (C=O) groups is 1. The summed E-state index contributed by atoms with van der Waals surface area (Å²) in [6, 6.07) is 16.5. The Balaban J connectivity index is 1.52. The molecule has 0 fully saturated rings. The lowest BCUT2D eigenvalue weighted by molar-refractivity contribution is -0.115. The Labute approximate surface area is 210 Å². The predicted molar refractivity (Wildman–Crippen MR) is 135 cm³/mol. The van der Waals surface area contributed by atoms with E-state index in [1.54, 1.807) is 30.8 Å². The van der Waals surface area contributed by atoms with Crippen LogP contribution < -0.4 is 16.6 Å². The standard InChI is InChI=1S/C25H21N7O3S/c1-15-22(25(34)32(31(15)2)16-7-4-3-5-8-16)29-20(33)10-12-36-24-18(14-27)21(19-9-6-11-35-19)17(13-26)23(28)30-24/h3-9,11H,10,12H2,1-2H3,(H2,28,30)(H,29,33). The van der Waals surface area contributed by atoms with Crippen molar-refractivity contribution in [2.24, 2.45) is 7.05 Å². The summed E-state index contributed by atoms with van der Waals surface area (Å²) in [5, 5.41) is 22.3. The fourth-order valence-electron chi connectivity index (χ4n) is 3.72. The summed E-state index contributed by atoms with van der Waals surface area (Å²) in [7, 11) is 1.75. The molecule has 1 aromatic carbocycles. The minimum atomic E-state index is -0.361. The Kier molecular flexibility index (Phi) is 6.95. The van der Waals surface area contributed by atoms with E-state index in [0.717, 1.165) is 11.8 Å². The number of pyridine rings is 1. The number of carbonyl (C=O) groups excluding carboxylic acids is 1. The number of nitrogens with zero attached hydrogens (tertiary/aromatic N) is 5. The number of nitriles is 2. The fourth-order valence-corrected chi connectivity index (χ4v) is 4.66. The van der Waals surface area contributed by atoms with Crippen molar-refractivity contribution >= 4 is 29.2 Å². The number of nitrogens with one attached hydrogen (secondary N) is 1. The van der Waals surface area contributed by atoms with Gasteiger partial charge in [0.1, 0.15) is 40.0 Å². The van der Waals surface area contributed by atoms with Crippen molar-refractivity contribution in [2.75, 3.05) is 16.8 Å². The van der Waals surface area contributed by atoms with E-state index in [2.05, 4.69) is 16.4 Å². The van der Waals surface area contributed by atoms with Crippen molar-refractivity contribution in [1.29, 1.82) is 10.5 Å². The molecule has 36 heavy (non-hydrogen) atoms. The zero-order valence-electron chi connectivity index (χ0n) is 19.5. The number of nitrogen functional groups attached to an aromatic ring is 1. The quantitative estimate of drug-likeness (QED) is 0.365. The number of hydrogen-bond acceptors (Lipinski definition) is 8. The maximum Gasteiger partial charge on any atom is 0.295 e. The second kappa shape index (κ2) is 10.3. The van der Waals surface area contributed by atoms with E-state index >= 15 is 0 Å². The smallest absolute Gasteiger partial charge is 0.295 e. The van der Waals surface area contributed by atoms with Gasteiger partial charge in [0.05, 0.1) is 28.8 Å². The van der Waals surface area contributed by atoms with Crippen LogP contribution in [0.15, 0.2) is 63.0 Å².